The monoisotopic (exact) mass is 307 g/mol. The molecular weight excluding hydrogens is 293 g/mol. The molecule has 0 bridgehead atoms. The number of piperidine rings is 1. The van der Waals surface area contributed by atoms with E-state index in [2.05, 4.69) is 11.8 Å². The van der Waals surface area contributed by atoms with E-state index < -0.39 is 5.97 Å². The van der Waals surface area contributed by atoms with Gasteiger partial charge in [0.1, 0.15) is 0 Å². The Morgan fingerprint density at radius 1 is 1.56 bits per heavy atom. The van der Waals surface area contributed by atoms with Gasteiger partial charge in [-0.2, -0.15) is 0 Å². The summed E-state index contributed by atoms with van der Waals surface area (Å²) in [6.07, 6.45) is 1.66. The molecule has 0 spiro atoms. The Hall–Kier alpha value is -0.290. The molecule has 1 fully saturated rings. The summed E-state index contributed by atoms with van der Waals surface area (Å²) >= 11 is 13.4. The van der Waals surface area contributed by atoms with E-state index in [1.165, 1.54) is 11.3 Å². The first-order chi connectivity index (χ1) is 8.47. The second kappa shape index (κ2) is 5.78. The first-order valence-corrected chi connectivity index (χ1v) is 7.45. The highest BCUT2D eigenvalue weighted by Crippen LogP contribution is 2.33. The smallest absolute Gasteiger partial charge is 0.307 e. The van der Waals surface area contributed by atoms with Gasteiger partial charge in [-0.3, -0.25) is 9.69 Å². The zero-order valence-corrected chi connectivity index (χ0v) is 12.4. The molecule has 1 aromatic heterocycles. The van der Waals surface area contributed by atoms with Crippen LogP contribution in [0.3, 0.4) is 0 Å². The average molecular weight is 308 g/mol. The number of hydrogen-bond donors (Lipinski definition) is 1. The summed E-state index contributed by atoms with van der Waals surface area (Å²) in [5.74, 6) is -0.976. The molecule has 0 saturated carbocycles. The van der Waals surface area contributed by atoms with Crippen LogP contribution in [0.25, 0.3) is 0 Å². The molecule has 1 aromatic rings. The highest BCUT2D eigenvalue weighted by atomic mass is 35.5. The third-order valence-electron chi connectivity index (χ3n) is 3.46. The second-order valence-electron chi connectivity index (χ2n) is 4.74. The topological polar surface area (TPSA) is 40.5 Å². The van der Waals surface area contributed by atoms with E-state index in [1.807, 2.05) is 6.07 Å². The second-order valence-corrected chi connectivity index (χ2v) is 7.03. The predicted octanol–water partition coefficient (Wildman–Crippen LogP) is 3.74. The lowest BCUT2D eigenvalue weighted by Crippen LogP contribution is -2.43. The molecule has 1 saturated heterocycles. The highest BCUT2D eigenvalue weighted by Gasteiger charge is 2.30. The summed E-state index contributed by atoms with van der Waals surface area (Å²) in [5, 5.41) is 9.10. The Bertz CT molecular complexity index is 449. The summed E-state index contributed by atoms with van der Waals surface area (Å²) in [5.41, 5.74) is 0.990. The first kappa shape index (κ1) is 14.1. The third-order valence-corrected chi connectivity index (χ3v) is 5.03. The molecule has 2 heterocycles. The molecule has 1 aliphatic rings. The van der Waals surface area contributed by atoms with Crippen LogP contribution in [0.15, 0.2) is 6.07 Å². The van der Waals surface area contributed by atoms with Crippen molar-refractivity contribution in [2.75, 3.05) is 6.54 Å². The molecule has 2 unspecified atom stereocenters. The average Bonchev–Trinajstić information content (AvgIpc) is 2.60. The van der Waals surface area contributed by atoms with Gasteiger partial charge in [-0.15, -0.1) is 11.3 Å². The zero-order valence-electron chi connectivity index (χ0n) is 10.0. The number of carboxylic acid groups (broad SMARTS) is 1. The summed E-state index contributed by atoms with van der Waals surface area (Å²) in [4.78, 5) is 13.2. The minimum Gasteiger partial charge on any atom is -0.481 e. The van der Waals surface area contributed by atoms with Crippen molar-refractivity contribution in [1.29, 1.82) is 0 Å². The van der Waals surface area contributed by atoms with Gasteiger partial charge in [0, 0.05) is 19.1 Å². The Morgan fingerprint density at radius 3 is 2.83 bits per heavy atom. The van der Waals surface area contributed by atoms with Crippen LogP contribution in [0.5, 0.6) is 0 Å². The molecule has 1 aliphatic heterocycles. The number of hydrogen-bond acceptors (Lipinski definition) is 3. The maximum absolute atomic E-state index is 11.1. The van der Waals surface area contributed by atoms with Crippen LogP contribution in [0.1, 0.15) is 25.3 Å². The van der Waals surface area contributed by atoms with Crippen LogP contribution in [0.2, 0.25) is 8.67 Å². The largest absolute Gasteiger partial charge is 0.481 e. The van der Waals surface area contributed by atoms with Crippen molar-refractivity contribution in [3.63, 3.8) is 0 Å². The van der Waals surface area contributed by atoms with E-state index >= 15 is 0 Å². The fourth-order valence-electron chi connectivity index (χ4n) is 2.30. The van der Waals surface area contributed by atoms with Crippen LogP contribution in [-0.2, 0) is 11.3 Å². The van der Waals surface area contributed by atoms with E-state index in [4.69, 9.17) is 28.3 Å². The SMILES string of the molecule is CC1CCC(C(=O)O)CN1Cc1cc(Cl)sc1Cl. The Morgan fingerprint density at radius 2 is 2.28 bits per heavy atom. The van der Waals surface area contributed by atoms with Crippen LogP contribution < -0.4 is 0 Å². The Balaban J connectivity index is 2.07. The van der Waals surface area contributed by atoms with Gasteiger partial charge in [0.25, 0.3) is 0 Å². The van der Waals surface area contributed by atoms with Crippen molar-refractivity contribution in [2.24, 2.45) is 5.92 Å². The van der Waals surface area contributed by atoms with Gasteiger partial charge in [-0.1, -0.05) is 23.2 Å². The van der Waals surface area contributed by atoms with Crippen LogP contribution in [0, 0.1) is 5.92 Å². The lowest BCUT2D eigenvalue weighted by Gasteiger charge is -2.36. The number of rotatable bonds is 3. The molecule has 2 rings (SSSR count). The number of carboxylic acids is 1. The van der Waals surface area contributed by atoms with Gasteiger partial charge in [0.15, 0.2) is 0 Å². The van der Waals surface area contributed by atoms with Gasteiger partial charge < -0.3 is 5.11 Å². The van der Waals surface area contributed by atoms with Gasteiger partial charge in [-0.05, 0) is 31.4 Å². The molecule has 0 amide bonds. The number of aliphatic carboxylic acids is 1. The van der Waals surface area contributed by atoms with Gasteiger partial charge in [-0.25, -0.2) is 0 Å². The third kappa shape index (κ3) is 3.18. The molecule has 18 heavy (non-hydrogen) atoms. The number of carbonyl (C=O) groups is 1. The minimum absolute atomic E-state index is 0.269. The van der Waals surface area contributed by atoms with Crippen LogP contribution >= 0.6 is 34.5 Å². The standard InChI is InChI=1S/C12H15Cl2NO2S/c1-7-2-3-8(12(16)17)5-15(7)6-9-4-10(13)18-11(9)14/h4,7-8H,2-3,5-6H2,1H3,(H,16,17). The van der Waals surface area contributed by atoms with Crippen molar-refractivity contribution in [2.45, 2.75) is 32.4 Å². The Kier molecular flexibility index (Phi) is 4.54. The molecule has 2 atom stereocenters. The highest BCUT2D eigenvalue weighted by molar-refractivity contribution is 7.20. The van der Waals surface area contributed by atoms with E-state index in [9.17, 15) is 4.79 Å². The maximum atomic E-state index is 11.1. The molecule has 3 nitrogen and oxygen atoms in total. The molecule has 0 aromatic carbocycles. The number of thiophene rings is 1. The van der Waals surface area contributed by atoms with E-state index in [0.29, 0.717) is 27.8 Å². The van der Waals surface area contributed by atoms with Gasteiger partial charge in [0.2, 0.25) is 0 Å². The summed E-state index contributed by atoms with van der Waals surface area (Å²) < 4.78 is 1.37. The van der Waals surface area contributed by atoms with Gasteiger partial charge in [0.05, 0.1) is 14.6 Å². The lowest BCUT2D eigenvalue weighted by molar-refractivity contribution is -0.144. The Labute approximate surface area is 120 Å². The van der Waals surface area contributed by atoms with Crippen LogP contribution in [0.4, 0.5) is 0 Å². The van der Waals surface area contributed by atoms with E-state index in [1.54, 1.807) is 0 Å². The lowest BCUT2D eigenvalue weighted by atomic mass is 9.93. The quantitative estimate of drug-likeness (QED) is 0.924. The molecule has 0 radical (unpaired) electrons. The molecular formula is C12H15Cl2NO2S. The van der Waals surface area contributed by atoms with Crippen molar-refractivity contribution in [3.05, 3.63) is 20.3 Å². The molecule has 0 aliphatic carbocycles. The fourth-order valence-corrected chi connectivity index (χ4v) is 3.77. The first-order valence-electron chi connectivity index (χ1n) is 5.88. The summed E-state index contributed by atoms with van der Waals surface area (Å²) in [6, 6.07) is 2.25. The number of halogens is 2. The van der Waals surface area contributed by atoms with Crippen molar-refractivity contribution in [1.82, 2.24) is 4.90 Å². The van der Waals surface area contributed by atoms with Gasteiger partial charge >= 0.3 is 5.97 Å². The van der Waals surface area contributed by atoms with Crippen molar-refractivity contribution >= 4 is 40.5 Å². The summed E-state index contributed by atoms with van der Waals surface area (Å²) in [7, 11) is 0. The van der Waals surface area contributed by atoms with Crippen molar-refractivity contribution in [3.8, 4) is 0 Å². The van der Waals surface area contributed by atoms with E-state index in [0.717, 1.165) is 18.4 Å². The number of likely N-dealkylation sites (tertiary alicyclic amines) is 1. The van der Waals surface area contributed by atoms with E-state index in [-0.39, 0.29) is 5.92 Å². The van der Waals surface area contributed by atoms with Crippen molar-refractivity contribution < 1.29 is 9.90 Å². The zero-order chi connectivity index (χ0) is 13.3. The normalized spacial score (nSPS) is 25.3. The minimum atomic E-state index is -0.707. The predicted molar refractivity (Wildman–Crippen MR) is 74.6 cm³/mol. The van der Waals surface area contributed by atoms with Crippen LogP contribution in [-0.4, -0.2) is 28.6 Å². The number of nitrogens with zero attached hydrogens (tertiary/aromatic N) is 1. The summed E-state index contributed by atoms with van der Waals surface area (Å²) in [6.45, 7) is 3.38. The maximum Gasteiger partial charge on any atom is 0.307 e. The molecule has 100 valence electrons. The fraction of sp³-hybridized carbons (Fsp3) is 0.583. The molecule has 6 heteroatoms. The molecule has 1 N–H and O–H groups in total.